The summed E-state index contributed by atoms with van der Waals surface area (Å²) >= 11 is 6.98. The molecule has 100 valence electrons. The Morgan fingerprint density at radius 1 is 1.00 bits per heavy atom. The van der Waals surface area contributed by atoms with Crippen LogP contribution in [0.3, 0.4) is 0 Å². The van der Waals surface area contributed by atoms with Crippen LogP contribution < -0.4 is 5.32 Å². The molecule has 0 heterocycles. The average molecular weight is 385 g/mol. The highest BCUT2D eigenvalue weighted by Crippen LogP contribution is 2.24. The van der Waals surface area contributed by atoms with Gasteiger partial charge in [0.1, 0.15) is 0 Å². The molecule has 0 amide bonds. The number of hydrogen-bond acceptors (Lipinski definition) is 2. The monoisotopic (exact) mass is 383 g/mol. The predicted molar refractivity (Wildman–Crippen MR) is 86.3 cm³/mol. The van der Waals surface area contributed by atoms with Crippen LogP contribution >= 0.6 is 31.9 Å². The molecule has 0 spiro atoms. The second-order valence-electron chi connectivity index (χ2n) is 4.24. The third kappa shape index (κ3) is 4.34. The summed E-state index contributed by atoms with van der Waals surface area (Å²) in [7, 11) is 1.71. The lowest BCUT2D eigenvalue weighted by atomic mass is 10.2. The zero-order valence-electron chi connectivity index (χ0n) is 10.6. The summed E-state index contributed by atoms with van der Waals surface area (Å²) in [6, 6.07) is 14.5. The van der Waals surface area contributed by atoms with E-state index in [2.05, 4.69) is 67.5 Å². The number of nitrogens with one attached hydrogen (secondary N) is 1. The first-order valence-electron chi connectivity index (χ1n) is 5.94. The van der Waals surface area contributed by atoms with Crippen molar-refractivity contribution in [2.24, 2.45) is 0 Å². The lowest BCUT2D eigenvalue weighted by Gasteiger charge is -2.09. The first-order valence-corrected chi connectivity index (χ1v) is 7.53. The molecule has 0 aliphatic carbocycles. The molecule has 1 N–H and O–H groups in total. The van der Waals surface area contributed by atoms with E-state index in [1.54, 1.807) is 7.11 Å². The molecule has 0 fully saturated rings. The van der Waals surface area contributed by atoms with E-state index in [0.717, 1.165) is 21.2 Å². The molecule has 0 aromatic heterocycles. The Morgan fingerprint density at radius 3 is 2.58 bits per heavy atom. The molecule has 2 aromatic rings. The molecule has 0 radical (unpaired) electrons. The van der Waals surface area contributed by atoms with Gasteiger partial charge in [0.15, 0.2) is 0 Å². The van der Waals surface area contributed by atoms with Crippen molar-refractivity contribution in [3.63, 3.8) is 0 Å². The summed E-state index contributed by atoms with van der Waals surface area (Å²) in [6.45, 7) is 1.43. The van der Waals surface area contributed by atoms with Crippen LogP contribution in [-0.2, 0) is 17.9 Å². The molecule has 2 nitrogen and oxygen atoms in total. The van der Waals surface area contributed by atoms with E-state index >= 15 is 0 Å². The molecule has 0 unspecified atom stereocenters. The zero-order chi connectivity index (χ0) is 13.7. The lowest BCUT2D eigenvalue weighted by molar-refractivity contribution is 0.185. The average Bonchev–Trinajstić information content (AvgIpc) is 2.41. The van der Waals surface area contributed by atoms with Crippen molar-refractivity contribution in [2.45, 2.75) is 13.2 Å². The first-order chi connectivity index (χ1) is 9.19. The number of ether oxygens (including phenoxy) is 1. The SMILES string of the molecule is COCc1cccc(NCc2ccc(Br)c(Br)c2)c1. The van der Waals surface area contributed by atoms with Crippen molar-refractivity contribution in [1.29, 1.82) is 0 Å². The van der Waals surface area contributed by atoms with Gasteiger partial charge < -0.3 is 10.1 Å². The third-order valence-electron chi connectivity index (χ3n) is 2.72. The second kappa shape index (κ2) is 7.08. The van der Waals surface area contributed by atoms with E-state index in [-0.39, 0.29) is 0 Å². The molecule has 0 saturated carbocycles. The number of halogens is 2. The Kier molecular flexibility index (Phi) is 5.43. The number of benzene rings is 2. The standard InChI is InChI=1S/C15H15Br2NO/c1-19-10-12-3-2-4-13(7-12)18-9-11-5-6-14(16)15(17)8-11/h2-8,18H,9-10H2,1H3. The van der Waals surface area contributed by atoms with Crippen LogP contribution in [0.4, 0.5) is 5.69 Å². The molecule has 0 aliphatic rings. The quantitative estimate of drug-likeness (QED) is 0.785. The molecule has 0 bridgehead atoms. The molecule has 2 rings (SSSR count). The van der Waals surface area contributed by atoms with Gasteiger partial charge in [0.2, 0.25) is 0 Å². The fourth-order valence-corrected chi connectivity index (χ4v) is 2.46. The van der Waals surface area contributed by atoms with Crippen LogP contribution in [-0.4, -0.2) is 7.11 Å². The Morgan fingerprint density at radius 2 is 1.84 bits per heavy atom. The normalized spacial score (nSPS) is 10.5. The van der Waals surface area contributed by atoms with Crippen molar-refractivity contribution in [2.75, 3.05) is 12.4 Å². The summed E-state index contributed by atoms with van der Waals surface area (Å²) in [4.78, 5) is 0. The molecule has 19 heavy (non-hydrogen) atoms. The van der Waals surface area contributed by atoms with Gasteiger partial charge in [0.05, 0.1) is 6.61 Å². The molecule has 4 heteroatoms. The van der Waals surface area contributed by atoms with Crippen molar-refractivity contribution >= 4 is 37.5 Å². The molecule has 0 atom stereocenters. The fourth-order valence-electron chi connectivity index (χ4n) is 1.79. The Hall–Kier alpha value is -0.840. The first kappa shape index (κ1) is 14.6. The van der Waals surface area contributed by atoms with Gasteiger partial charge in [-0.15, -0.1) is 0 Å². The van der Waals surface area contributed by atoms with Crippen LogP contribution in [0.2, 0.25) is 0 Å². The van der Waals surface area contributed by atoms with Crippen molar-refractivity contribution in [3.8, 4) is 0 Å². The van der Waals surface area contributed by atoms with E-state index in [9.17, 15) is 0 Å². The van der Waals surface area contributed by atoms with Gasteiger partial charge in [-0.25, -0.2) is 0 Å². The largest absolute Gasteiger partial charge is 0.381 e. The summed E-state index contributed by atoms with van der Waals surface area (Å²) in [6.07, 6.45) is 0. The number of rotatable bonds is 5. The molecule has 2 aromatic carbocycles. The van der Waals surface area contributed by atoms with Crippen LogP contribution in [0.1, 0.15) is 11.1 Å². The van der Waals surface area contributed by atoms with Crippen molar-refractivity contribution in [1.82, 2.24) is 0 Å². The lowest BCUT2D eigenvalue weighted by Crippen LogP contribution is -2.00. The van der Waals surface area contributed by atoms with Gasteiger partial charge in [-0.3, -0.25) is 0 Å². The maximum atomic E-state index is 5.14. The third-order valence-corrected chi connectivity index (χ3v) is 4.60. The van der Waals surface area contributed by atoms with Crippen LogP contribution in [0, 0.1) is 0 Å². The summed E-state index contributed by atoms with van der Waals surface area (Å²) < 4.78 is 7.27. The molecule has 0 saturated heterocycles. The Balaban J connectivity index is 2.01. The summed E-state index contributed by atoms with van der Waals surface area (Å²) in [5.74, 6) is 0. The fraction of sp³-hybridized carbons (Fsp3) is 0.200. The van der Waals surface area contributed by atoms with E-state index in [1.165, 1.54) is 11.1 Å². The van der Waals surface area contributed by atoms with Crippen molar-refractivity contribution in [3.05, 3.63) is 62.5 Å². The smallest absolute Gasteiger partial charge is 0.0713 e. The Labute approximate surface area is 130 Å². The summed E-state index contributed by atoms with van der Waals surface area (Å²) in [5, 5.41) is 3.41. The predicted octanol–water partition coefficient (Wildman–Crippen LogP) is 4.97. The summed E-state index contributed by atoms with van der Waals surface area (Å²) in [5.41, 5.74) is 3.50. The van der Waals surface area contributed by atoms with Crippen LogP contribution in [0.5, 0.6) is 0 Å². The Bertz CT molecular complexity index is 558. The van der Waals surface area contributed by atoms with Gasteiger partial charge in [0, 0.05) is 28.3 Å². The van der Waals surface area contributed by atoms with E-state index in [0.29, 0.717) is 6.61 Å². The zero-order valence-corrected chi connectivity index (χ0v) is 13.8. The van der Waals surface area contributed by atoms with Crippen LogP contribution in [0.15, 0.2) is 51.4 Å². The van der Waals surface area contributed by atoms with E-state index in [4.69, 9.17) is 4.74 Å². The molecular formula is C15H15Br2NO. The van der Waals surface area contributed by atoms with Gasteiger partial charge in [-0.1, -0.05) is 18.2 Å². The minimum atomic E-state index is 0.638. The number of anilines is 1. The molecule has 0 aliphatic heterocycles. The highest BCUT2D eigenvalue weighted by molar-refractivity contribution is 9.13. The van der Waals surface area contributed by atoms with Gasteiger partial charge >= 0.3 is 0 Å². The highest BCUT2D eigenvalue weighted by Gasteiger charge is 2.00. The second-order valence-corrected chi connectivity index (χ2v) is 5.94. The van der Waals surface area contributed by atoms with Gasteiger partial charge in [-0.2, -0.15) is 0 Å². The van der Waals surface area contributed by atoms with Crippen molar-refractivity contribution < 1.29 is 4.74 Å². The van der Waals surface area contributed by atoms with E-state index in [1.807, 2.05) is 12.1 Å². The van der Waals surface area contributed by atoms with Gasteiger partial charge in [-0.05, 0) is 67.3 Å². The minimum absolute atomic E-state index is 0.638. The molecular weight excluding hydrogens is 370 g/mol. The number of hydrogen-bond donors (Lipinski definition) is 1. The number of methoxy groups -OCH3 is 1. The minimum Gasteiger partial charge on any atom is -0.381 e. The van der Waals surface area contributed by atoms with Crippen LogP contribution in [0.25, 0.3) is 0 Å². The highest BCUT2D eigenvalue weighted by atomic mass is 79.9. The van der Waals surface area contributed by atoms with Gasteiger partial charge in [0.25, 0.3) is 0 Å². The topological polar surface area (TPSA) is 21.3 Å². The maximum Gasteiger partial charge on any atom is 0.0713 e. The van der Waals surface area contributed by atoms with E-state index < -0.39 is 0 Å². The maximum absolute atomic E-state index is 5.14.